The summed E-state index contributed by atoms with van der Waals surface area (Å²) in [6.45, 7) is 5.87. The lowest BCUT2D eigenvalue weighted by atomic mass is 10.1. The van der Waals surface area contributed by atoms with Crippen molar-refractivity contribution in [2.45, 2.75) is 33.1 Å². The zero-order chi connectivity index (χ0) is 22.8. The Balaban J connectivity index is 1.42. The monoisotopic (exact) mass is 450 g/mol. The molecule has 0 unspecified atom stereocenters. The number of ether oxygens (including phenoxy) is 1. The van der Waals surface area contributed by atoms with E-state index in [1.807, 2.05) is 26.0 Å². The summed E-state index contributed by atoms with van der Waals surface area (Å²) >= 11 is 1.27. The summed E-state index contributed by atoms with van der Waals surface area (Å²) in [7, 11) is 0. The lowest BCUT2D eigenvalue weighted by molar-refractivity contribution is -0.131. The molecule has 1 fully saturated rings. The van der Waals surface area contributed by atoms with E-state index in [4.69, 9.17) is 4.74 Å². The van der Waals surface area contributed by atoms with Gasteiger partial charge in [0.05, 0.1) is 0 Å². The van der Waals surface area contributed by atoms with E-state index in [9.17, 15) is 14.4 Å². The van der Waals surface area contributed by atoms with Crippen LogP contribution in [0.15, 0.2) is 42.5 Å². The quantitative estimate of drug-likeness (QED) is 0.468. The number of aryl methyl sites for hydroxylation is 2. The first-order valence-electron chi connectivity index (χ1n) is 10.1. The third-order valence-electron chi connectivity index (χ3n) is 5.03. The SMILES string of the molecule is CC(=O)Oc1ccc(C(=O)Nc2nnc([C@@H]3CC(=O)N(c4cc(C)cc(C)c4)C3)s2)cc1. The summed E-state index contributed by atoms with van der Waals surface area (Å²) in [5.41, 5.74) is 3.51. The van der Waals surface area contributed by atoms with E-state index < -0.39 is 5.97 Å². The highest BCUT2D eigenvalue weighted by atomic mass is 32.1. The van der Waals surface area contributed by atoms with Gasteiger partial charge in [0.15, 0.2) is 0 Å². The van der Waals surface area contributed by atoms with Crippen molar-refractivity contribution >= 4 is 39.9 Å². The highest BCUT2D eigenvalue weighted by molar-refractivity contribution is 7.15. The molecule has 0 bridgehead atoms. The molecule has 1 saturated heterocycles. The Labute approximate surface area is 189 Å². The molecule has 0 aliphatic carbocycles. The molecular formula is C23H22N4O4S. The number of anilines is 2. The van der Waals surface area contributed by atoms with Crippen LogP contribution >= 0.6 is 11.3 Å². The number of nitrogens with one attached hydrogen (secondary N) is 1. The third kappa shape index (κ3) is 4.83. The maximum absolute atomic E-state index is 12.6. The molecule has 9 heteroatoms. The first-order valence-corrected chi connectivity index (χ1v) is 10.9. The summed E-state index contributed by atoms with van der Waals surface area (Å²) in [6.07, 6.45) is 0.354. The molecule has 0 spiro atoms. The van der Waals surface area contributed by atoms with Gasteiger partial charge in [-0.25, -0.2) is 0 Å². The second-order valence-corrected chi connectivity index (χ2v) is 8.78. The third-order valence-corrected chi connectivity index (χ3v) is 6.03. The first kappa shape index (κ1) is 21.6. The van der Waals surface area contributed by atoms with Gasteiger partial charge in [-0.15, -0.1) is 10.2 Å². The van der Waals surface area contributed by atoms with Gasteiger partial charge in [0.25, 0.3) is 5.91 Å². The van der Waals surface area contributed by atoms with Gasteiger partial charge in [-0.05, 0) is 61.4 Å². The molecule has 32 heavy (non-hydrogen) atoms. The van der Waals surface area contributed by atoms with E-state index in [-0.39, 0.29) is 17.7 Å². The fraction of sp³-hybridized carbons (Fsp3) is 0.261. The Morgan fingerprint density at radius 3 is 2.44 bits per heavy atom. The minimum atomic E-state index is -0.426. The maximum Gasteiger partial charge on any atom is 0.308 e. The smallest absolute Gasteiger partial charge is 0.308 e. The van der Waals surface area contributed by atoms with Gasteiger partial charge in [0.1, 0.15) is 10.8 Å². The van der Waals surface area contributed by atoms with E-state index in [2.05, 4.69) is 21.6 Å². The molecule has 2 aromatic carbocycles. The summed E-state index contributed by atoms with van der Waals surface area (Å²) in [6, 6.07) is 12.3. The van der Waals surface area contributed by atoms with Crippen LogP contribution in [0.25, 0.3) is 0 Å². The largest absolute Gasteiger partial charge is 0.427 e. The second-order valence-electron chi connectivity index (χ2n) is 7.77. The van der Waals surface area contributed by atoms with Gasteiger partial charge in [-0.2, -0.15) is 0 Å². The Morgan fingerprint density at radius 1 is 1.09 bits per heavy atom. The minimum absolute atomic E-state index is 0.0497. The molecular weight excluding hydrogens is 428 g/mol. The van der Waals surface area contributed by atoms with Crippen molar-refractivity contribution in [1.82, 2.24) is 10.2 Å². The molecule has 1 N–H and O–H groups in total. The van der Waals surface area contributed by atoms with Crippen molar-refractivity contribution < 1.29 is 19.1 Å². The number of hydrogen-bond donors (Lipinski definition) is 1. The summed E-state index contributed by atoms with van der Waals surface area (Å²) in [4.78, 5) is 37.9. The minimum Gasteiger partial charge on any atom is -0.427 e. The van der Waals surface area contributed by atoms with Gasteiger partial charge in [0, 0.05) is 37.1 Å². The van der Waals surface area contributed by atoms with E-state index in [0.717, 1.165) is 16.8 Å². The zero-order valence-electron chi connectivity index (χ0n) is 17.9. The fourth-order valence-corrected chi connectivity index (χ4v) is 4.52. The molecule has 8 nitrogen and oxygen atoms in total. The van der Waals surface area contributed by atoms with Crippen molar-refractivity contribution in [1.29, 1.82) is 0 Å². The van der Waals surface area contributed by atoms with Gasteiger partial charge in [-0.1, -0.05) is 17.4 Å². The standard InChI is InChI=1S/C23H22N4O4S/c1-13-8-14(2)10-18(9-13)27-12-17(11-20(27)29)22-25-26-23(32-22)24-21(30)16-4-6-19(7-5-16)31-15(3)28/h4-10,17H,11-12H2,1-3H3,(H,24,26,30)/t17-/m1/s1. The molecule has 2 heterocycles. The van der Waals surface area contributed by atoms with Crippen LogP contribution in [0.3, 0.4) is 0 Å². The highest BCUT2D eigenvalue weighted by Crippen LogP contribution is 2.35. The highest BCUT2D eigenvalue weighted by Gasteiger charge is 2.34. The number of carbonyl (C=O) groups excluding carboxylic acids is 3. The summed E-state index contributed by atoms with van der Waals surface area (Å²) in [5, 5.41) is 12.1. The summed E-state index contributed by atoms with van der Waals surface area (Å²) < 4.78 is 4.97. The topological polar surface area (TPSA) is 101 Å². The van der Waals surface area contributed by atoms with E-state index in [1.165, 1.54) is 18.3 Å². The van der Waals surface area contributed by atoms with Gasteiger partial charge in [0.2, 0.25) is 11.0 Å². The van der Waals surface area contributed by atoms with Gasteiger partial charge in [-0.3, -0.25) is 19.7 Å². The second kappa shape index (κ2) is 8.88. The van der Waals surface area contributed by atoms with Crippen molar-refractivity contribution in [3.63, 3.8) is 0 Å². The van der Waals surface area contributed by atoms with E-state index in [1.54, 1.807) is 29.2 Å². The fourth-order valence-electron chi connectivity index (χ4n) is 3.69. The first-order chi connectivity index (χ1) is 15.3. The number of amides is 2. The molecule has 1 aliphatic rings. The molecule has 1 aromatic heterocycles. The molecule has 1 atom stereocenters. The van der Waals surface area contributed by atoms with Crippen molar-refractivity contribution in [2.24, 2.45) is 0 Å². The van der Waals surface area contributed by atoms with Crippen LogP contribution in [0, 0.1) is 13.8 Å². The molecule has 0 radical (unpaired) electrons. The van der Waals surface area contributed by atoms with Gasteiger partial charge < -0.3 is 9.64 Å². The number of esters is 1. The number of nitrogens with zero attached hydrogens (tertiary/aromatic N) is 3. The number of benzene rings is 2. The van der Waals surface area contributed by atoms with Crippen LogP contribution in [0.5, 0.6) is 5.75 Å². The van der Waals surface area contributed by atoms with Crippen molar-refractivity contribution in [2.75, 3.05) is 16.8 Å². The normalized spacial score (nSPS) is 15.7. The molecule has 2 amide bonds. The van der Waals surface area contributed by atoms with E-state index in [0.29, 0.717) is 34.4 Å². The Bertz CT molecular complexity index is 1170. The molecule has 1 aliphatic heterocycles. The molecule has 3 aromatic rings. The number of rotatable bonds is 5. The average molecular weight is 451 g/mol. The summed E-state index contributed by atoms with van der Waals surface area (Å²) in [5.74, 6) is -0.429. The Kier molecular flexibility index (Phi) is 6.00. The number of carbonyl (C=O) groups is 3. The molecule has 4 rings (SSSR count). The van der Waals surface area contributed by atoms with Crippen LogP contribution < -0.4 is 15.0 Å². The maximum atomic E-state index is 12.6. The zero-order valence-corrected chi connectivity index (χ0v) is 18.7. The lowest BCUT2D eigenvalue weighted by Crippen LogP contribution is -2.24. The Morgan fingerprint density at radius 2 is 1.78 bits per heavy atom. The van der Waals surface area contributed by atoms with Crippen molar-refractivity contribution in [3.8, 4) is 5.75 Å². The van der Waals surface area contributed by atoms with Crippen LogP contribution in [0.2, 0.25) is 0 Å². The predicted molar refractivity (Wildman–Crippen MR) is 121 cm³/mol. The lowest BCUT2D eigenvalue weighted by Gasteiger charge is -2.17. The van der Waals surface area contributed by atoms with Gasteiger partial charge >= 0.3 is 5.97 Å². The number of hydrogen-bond acceptors (Lipinski definition) is 7. The van der Waals surface area contributed by atoms with Crippen LogP contribution in [0.4, 0.5) is 10.8 Å². The van der Waals surface area contributed by atoms with Crippen LogP contribution in [-0.2, 0) is 9.59 Å². The average Bonchev–Trinajstić information content (AvgIpc) is 3.34. The molecule has 0 saturated carbocycles. The number of aromatic nitrogens is 2. The predicted octanol–water partition coefficient (Wildman–Crippen LogP) is 3.85. The molecule has 164 valence electrons. The van der Waals surface area contributed by atoms with E-state index >= 15 is 0 Å². The Hall–Kier alpha value is -3.59. The van der Waals surface area contributed by atoms with Crippen molar-refractivity contribution in [3.05, 3.63) is 64.2 Å². The van der Waals surface area contributed by atoms with Crippen LogP contribution in [0.1, 0.15) is 45.8 Å². The van der Waals surface area contributed by atoms with Crippen LogP contribution in [-0.4, -0.2) is 34.5 Å².